The van der Waals surface area contributed by atoms with Crippen LogP contribution in [0.3, 0.4) is 0 Å². The van der Waals surface area contributed by atoms with Crippen molar-refractivity contribution in [2.45, 2.75) is 6.61 Å². The molecule has 3 N–H and O–H groups in total. The van der Waals surface area contributed by atoms with Crippen LogP contribution in [0.15, 0.2) is 72.8 Å². The summed E-state index contributed by atoms with van der Waals surface area (Å²) in [7, 11) is 0. The van der Waals surface area contributed by atoms with Crippen molar-refractivity contribution >= 4 is 28.5 Å². The van der Waals surface area contributed by atoms with Gasteiger partial charge in [-0.3, -0.25) is 4.79 Å². The van der Waals surface area contributed by atoms with Crippen molar-refractivity contribution in [1.82, 2.24) is 4.98 Å². The number of nitrogens with zero attached hydrogens (tertiary/aromatic N) is 1. The van der Waals surface area contributed by atoms with Crippen LogP contribution in [0.1, 0.15) is 32.0 Å². The van der Waals surface area contributed by atoms with Crippen molar-refractivity contribution in [2.24, 2.45) is 0 Å². The van der Waals surface area contributed by atoms with Crippen LogP contribution in [0.4, 0.5) is 5.69 Å². The molecule has 0 bridgehead atoms. The van der Waals surface area contributed by atoms with Gasteiger partial charge < -0.3 is 20.1 Å². The van der Waals surface area contributed by atoms with Gasteiger partial charge in [0.1, 0.15) is 18.1 Å². The number of amides is 1. The SMILES string of the molecule is N#Cc1ccc(NC(=O)c2cc3cccc(OCc4ccccc4)c3[nH]2)c(C(=O)O)c1. The summed E-state index contributed by atoms with van der Waals surface area (Å²) in [5, 5.41) is 21.7. The topological polar surface area (TPSA) is 115 Å². The summed E-state index contributed by atoms with van der Waals surface area (Å²) >= 11 is 0. The van der Waals surface area contributed by atoms with Gasteiger partial charge in [0.25, 0.3) is 5.91 Å². The summed E-state index contributed by atoms with van der Waals surface area (Å²) in [4.78, 5) is 27.3. The molecule has 31 heavy (non-hydrogen) atoms. The fourth-order valence-corrected chi connectivity index (χ4v) is 3.20. The molecule has 4 rings (SSSR count). The van der Waals surface area contributed by atoms with Crippen LogP contribution < -0.4 is 10.1 Å². The number of H-pyrrole nitrogens is 1. The van der Waals surface area contributed by atoms with E-state index >= 15 is 0 Å². The molecule has 0 aliphatic rings. The van der Waals surface area contributed by atoms with Crippen LogP contribution >= 0.6 is 0 Å². The van der Waals surface area contributed by atoms with Gasteiger partial charge in [-0.2, -0.15) is 5.26 Å². The van der Waals surface area contributed by atoms with Gasteiger partial charge in [-0.1, -0.05) is 42.5 Å². The van der Waals surface area contributed by atoms with Crippen molar-refractivity contribution < 1.29 is 19.4 Å². The van der Waals surface area contributed by atoms with Crippen LogP contribution in [-0.2, 0) is 6.61 Å². The van der Waals surface area contributed by atoms with Gasteiger partial charge in [0.05, 0.1) is 28.4 Å². The molecule has 0 radical (unpaired) electrons. The first-order chi connectivity index (χ1) is 15.0. The van der Waals surface area contributed by atoms with E-state index in [4.69, 9.17) is 10.00 Å². The van der Waals surface area contributed by atoms with Gasteiger partial charge in [-0.05, 0) is 35.9 Å². The third-order valence-electron chi connectivity index (χ3n) is 4.73. The van der Waals surface area contributed by atoms with Gasteiger partial charge in [0.2, 0.25) is 0 Å². The summed E-state index contributed by atoms with van der Waals surface area (Å²) < 4.78 is 5.92. The number of aromatic amines is 1. The van der Waals surface area contributed by atoms with Crippen molar-refractivity contribution in [2.75, 3.05) is 5.32 Å². The summed E-state index contributed by atoms with van der Waals surface area (Å²) in [5.74, 6) is -1.14. The lowest BCUT2D eigenvalue weighted by atomic mass is 10.1. The number of carboxylic acids is 1. The molecule has 1 aromatic heterocycles. The van der Waals surface area contributed by atoms with Gasteiger partial charge in [0.15, 0.2) is 0 Å². The molecule has 4 aromatic rings. The van der Waals surface area contributed by atoms with Crippen molar-refractivity contribution in [3.8, 4) is 11.8 Å². The molecule has 0 saturated carbocycles. The van der Waals surface area contributed by atoms with E-state index in [0.717, 1.165) is 10.9 Å². The first kappa shape index (κ1) is 19.7. The number of aromatic nitrogens is 1. The van der Waals surface area contributed by atoms with Crippen LogP contribution in [0.25, 0.3) is 10.9 Å². The molecular weight excluding hydrogens is 394 g/mol. The van der Waals surface area contributed by atoms with Crippen LogP contribution in [0, 0.1) is 11.3 Å². The van der Waals surface area contributed by atoms with Gasteiger partial charge in [-0.25, -0.2) is 4.79 Å². The Bertz CT molecular complexity index is 1320. The molecule has 7 nitrogen and oxygen atoms in total. The molecule has 0 saturated heterocycles. The number of nitriles is 1. The van der Waals surface area contributed by atoms with E-state index in [1.54, 1.807) is 6.07 Å². The number of benzene rings is 3. The summed E-state index contributed by atoms with van der Waals surface area (Å²) in [6.07, 6.45) is 0. The molecule has 0 fully saturated rings. The summed E-state index contributed by atoms with van der Waals surface area (Å²) in [5.41, 5.74) is 2.09. The minimum absolute atomic E-state index is 0.107. The van der Waals surface area contributed by atoms with Gasteiger partial charge in [-0.15, -0.1) is 0 Å². The highest BCUT2D eigenvalue weighted by atomic mass is 16.5. The highest BCUT2D eigenvalue weighted by Crippen LogP contribution is 2.27. The fraction of sp³-hybridized carbons (Fsp3) is 0.0417. The second-order valence-corrected chi connectivity index (χ2v) is 6.81. The third kappa shape index (κ3) is 4.23. The molecule has 7 heteroatoms. The van der Waals surface area contributed by atoms with Crippen LogP contribution in [-0.4, -0.2) is 22.0 Å². The number of rotatable bonds is 6. The third-order valence-corrected chi connectivity index (χ3v) is 4.73. The molecule has 0 spiro atoms. The zero-order valence-electron chi connectivity index (χ0n) is 16.3. The lowest BCUT2D eigenvalue weighted by Crippen LogP contribution is -2.15. The largest absolute Gasteiger partial charge is 0.487 e. The van der Waals surface area contributed by atoms with Crippen LogP contribution in [0.2, 0.25) is 0 Å². The number of nitrogens with one attached hydrogen (secondary N) is 2. The van der Waals surface area contributed by atoms with Gasteiger partial charge >= 0.3 is 5.97 Å². The highest BCUT2D eigenvalue weighted by molar-refractivity contribution is 6.09. The molecule has 0 aliphatic heterocycles. The Labute approximate surface area is 177 Å². The summed E-state index contributed by atoms with van der Waals surface area (Å²) in [6.45, 7) is 0.383. The van der Waals surface area contributed by atoms with Crippen molar-refractivity contribution in [3.05, 3.63) is 95.2 Å². The Morgan fingerprint density at radius 1 is 1.03 bits per heavy atom. The molecular formula is C24H17N3O4. The molecule has 1 heterocycles. The normalized spacial score (nSPS) is 10.4. The number of carboxylic acid groups (broad SMARTS) is 1. The number of carbonyl (C=O) groups excluding carboxylic acids is 1. The van der Waals surface area contributed by atoms with E-state index in [-0.39, 0.29) is 22.5 Å². The van der Waals surface area contributed by atoms with E-state index < -0.39 is 11.9 Å². The lowest BCUT2D eigenvalue weighted by Gasteiger charge is -2.08. The molecule has 3 aromatic carbocycles. The first-order valence-corrected chi connectivity index (χ1v) is 9.42. The monoisotopic (exact) mass is 411 g/mol. The second kappa shape index (κ2) is 8.43. The predicted molar refractivity (Wildman–Crippen MR) is 115 cm³/mol. The van der Waals surface area contributed by atoms with E-state index in [1.165, 1.54) is 18.2 Å². The van der Waals surface area contributed by atoms with Gasteiger partial charge in [0, 0.05) is 5.39 Å². The lowest BCUT2D eigenvalue weighted by molar-refractivity contribution is 0.0698. The zero-order valence-corrected chi connectivity index (χ0v) is 16.3. The smallest absolute Gasteiger partial charge is 0.337 e. The predicted octanol–water partition coefficient (Wildman–Crippen LogP) is 4.57. The molecule has 0 unspecified atom stereocenters. The Morgan fingerprint density at radius 3 is 2.58 bits per heavy atom. The first-order valence-electron chi connectivity index (χ1n) is 9.42. The van der Waals surface area contributed by atoms with E-state index in [1.807, 2.05) is 54.6 Å². The number of aromatic carboxylic acids is 1. The maximum atomic E-state index is 12.8. The number of para-hydroxylation sites is 1. The molecule has 0 aliphatic carbocycles. The summed E-state index contributed by atoms with van der Waals surface area (Å²) in [6, 6.07) is 22.9. The van der Waals surface area contributed by atoms with Crippen molar-refractivity contribution in [3.63, 3.8) is 0 Å². The average Bonchev–Trinajstić information content (AvgIpc) is 3.23. The quantitative estimate of drug-likeness (QED) is 0.430. The zero-order chi connectivity index (χ0) is 21.8. The number of ether oxygens (including phenoxy) is 1. The number of fused-ring (bicyclic) bond motifs is 1. The minimum atomic E-state index is -1.24. The maximum Gasteiger partial charge on any atom is 0.337 e. The van der Waals surface area contributed by atoms with Crippen LogP contribution in [0.5, 0.6) is 5.75 Å². The Hall–Kier alpha value is -4.57. The van der Waals surface area contributed by atoms with E-state index in [0.29, 0.717) is 17.9 Å². The fourth-order valence-electron chi connectivity index (χ4n) is 3.20. The maximum absolute atomic E-state index is 12.8. The van der Waals surface area contributed by atoms with E-state index in [9.17, 15) is 14.7 Å². The van der Waals surface area contributed by atoms with E-state index in [2.05, 4.69) is 10.3 Å². The number of anilines is 1. The minimum Gasteiger partial charge on any atom is -0.487 e. The molecule has 1 amide bonds. The molecule has 0 atom stereocenters. The Kier molecular flexibility index (Phi) is 5.37. The van der Waals surface area contributed by atoms with Crippen molar-refractivity contribution in [1.29, 1.82) is 5.26 Å². The average molecular weight is 411 g/mol. The standard InChI is InChI=1S/C24H17N3O4/c25-13-16-9-10-19(18(11-16)24(29)30)27-23(28)20-12-17-7-4-8-21(22(17)26-20)31-14-15-5-2-1-3-6-15/h1-12,26H,14H2,(H,27,28)(H,29,30). The number of carbonyl (C=O) groups is 2. The number of hydrogen-bond acceptors (Lipinski definition) is 4. The Balaban J connectivity index is 1.58. The highest BCUT2D eigenvalue weighted by Gasteiger charge is 2.17. The Morgan fingerprint density at radius 2 is 1.84 bits per heavy atom. The number of hydrogen-bond donors (Lipinski definition) is 3. The second-order valence-electron chi connectivity index (χ2n) is 6.81. The molecule has 152 valence electrons.